The van der Waals surface area contributed by atoms with Gasteiger partial charge >= 0.3 is 0 Å². The zero-order valence-electron chi connectivity index (χ0n) is 9.60. The third kappa shape index (κ3) is 1.24. The van der Waals surface area contributed by atoms with E-state index in [-0.39, 0.29) is 5.95 Å². The molecule has 0 bridgehead atoms. The maximum absolute atomic E-state index is 5.80. The summed E-state index contributed by atoms with van der Waals surface area (Å²) in [6.45, 7) is 1.97. The van der Waals surface area contributed by atoms with E-state index in [4.69, 9.17) is 11.5 Å². The second kappa shape index (κ2) is 3.07. The van der Waals surface area contributed by atoms with Crippen LogP contribution in [-0.2, 0) is 7.05 Å². The fourth-order valence-electron chi connectivity index (χ4n) is 2.13. The van der Waals surface area contributed by atoms with Gasteiger partial charge in [-0.25, -0.2) is 15.0 Å². The number of anilines is 2. The van der Waals surface area contributed by atoms with Gasteiger partial charge in [0.2, 0.25) is 11.9 Å². The van der Waals surface area contributed by atoms with Crippen LogP contribution in [0.2, 0.25) is 0 Å². The van der Waals surface area contributed by atoms with E-state index in [1.165, 1.54) is 0 Å². The topological polar surface area (TPSA) is 95.6 Å². The first-order valence-corrected chi connectivity index (χ1v) is 5.22. The van der Waals surface area contributed by atoms with Crippen LogP contribution in [0.1, 0.15) is 5.56 Å². The number of hydrogen-bond donors (Lipinski definition) is 2. The third-order valence-electron chi connectivity index (χ3n) is 2.97. The Bertz CT molecular complexity index is 699. The van der Waals surface area contributed by atoms with E-state index in [0.717, 1.165) is 28.0 Å². The number of rotatable bonds is 0. The molecule has 0 aromatic carbocycles. The number of nitrogens with zero attached hydrogens (tertiary/aromatic N) is 4. The van der Waals surface area contributed by atoms with E-state index in [1.807, 2.05) is 30.7 Å². The van der Waals surface area contributed by atoms with Crippen LogP contribution >= 0.6 is 0 Å². The maximum atomic E-state index is 5.80. The van der Waals surface area contributed by atoms with Gasteiger partial charge in [0.1, 0.15) is 0 Å². The molecule has 0 fully saturated rings. The number of nitrogen functional groups attached to an aromatic ring is 2. The molecule has 0 saturated carbocycles. The molecule has 17 heavy (non-hydrogen) atoms. The monoisotopic (exact) mass is 228 g/mol. The molecular formula is C11H12N6. The van der Waals surface area contributed by atoms with Crippen LogP contribution in [0, 0.1) is 6.92 Å². The molecule has 1 aliphatic carbocycles. The van der Waals surface area contributed by atoms with Crippen molar-refractivity contribution in [3.63, 3.8) is 0 Å². The number of aryl methyl sites for hydroxylation is 2. The van der Waals surface area contributed by atoms with Crippen molar-refractivity contribution in [2.45, 2.75) is 6.92 Å². The summed E-state index contributed by atoms with van der Waals surface area (Å²) in [5.41, 5.74) is 15.8. The molecule has 1 aromatic rings. The van der Waals surface area contributed by atoms with Crippen molar-refractivity contribution in [3.05, 3.63) is 17.7 Å². The lowest BCUT2D eigenvalue weighted by Crippen LogP contribution is -1.97. The van der Waals surface area contributed by atoms with Crippen LogP contribution in [-0.4, -0.2) is 19.5 Å². The summed E-state index contributed by atoms with van der Waals surface area (Å²) in [6, 6.07) is 3.75. The highest BCUT2D eigenvalue weighted by atomic mass is 15.1. The van der Waals surface area contributed by atoms with Crippen LogP contribution in [0.5, 0.6) is 0 Å². The molecule has 1 aliphatic heterocycles. The molecule has 0 saturated heterocycles. The van der Waals surface area contributed by atoms with Crippen LogP contribution in [0.25, 0.3) is 22.4 Å². The summed E-state index contributed by atoms with van der Waals surface area (Å²) in [5, 5.41) is 0. The second-order valence-corrected chi connectivity index (χ2v) is 4.04. The van der Waals surface area contributed by atoms with E-state index >= 15 is 0 Å². The van der Waals surface area contributed by atoms with Gasteiger partial charge in [0, 0.05) is 12.6 Å². The minimum Gasteiger partial charge on any atom is -0.369 e. The van der Waals surface area contributed by atoms with Gasteiger partial charge in [-0.2, -0.15) is 0 Å². The van der Waals surface area contributed by atoms with Crippen molar-refractivity contribution in [1.29, 1.82) is 0 Å². The lowest BCUT2D eigenvalue weighted by Gasteiger charge is -1.99. The van der Waals surface area contributed by atoms with Gasteiger partial charge in [0.05, 0.1) is 22.4 Å². The highest BCUT2D eigenvalue weighted by Gasteiger charge is 2.15. The summed E-state index contributed by atoms with van der Waals surface area (Å²) in [4.78, 5) is 12.7. The molecule has 2 aliphatic rings. The van der Waals surface area contributed by atoms with E-state index in [1.54, 1.807) is 0 Å². The Labute approximate surface area is 97.6 Å². The Balaban J connectivity index is 2.55. The van der Waals surface area contributed by atoms with E-state index in [2.05, 4.69) is 15.0 Å². The van der Waals surface area contributed by atoms with Crippen LogP contribution in [0.4, 0.5) is 11.9 Å². The van der Waals surface area contributed by atoms with E-state index < -0.39 is 0 Å². The largest absolute Gasteiger partial charge is 0.369 e. The molecule has 0 unspecified atom stereocenters. The third-order valence-corrected chi connectivity index (χ3v) is 2.97. The Kier molecular flexibility index (Phi) is 1.77. The summed E-state index contributed by atoms with van der Waals surface area (Å²) < 4.78 is 1.84. The summed E-state index contributed by atoms with van der Waals surface area (Å²) >= 11 is 0. The Morgan fingerprint density at radius 3 is 2.65 bits per heavy atom. The molecular weight excluding hydrogens is 216 g/mol. The molecule has 86 valence electrons. The molecule has 0 amide bonds. The van der Waals surface area contributed by atoms with Crippen LogP contribution in [0.3, 0.4) is 0 Å². The van der Waals surface area contributed by atoms with Crippen molar-refractivity contribution < 1.29 is 0 Å². The van der Waals surface area contributed by atoms with Crippen molar-refractivity contribution >= 4 is 22.9 Å². The quantitative estimate of drug-likeness (QED) is 0.597. The van der Waals surface area contributed by atoms with Gasteiger partial charge in [0.15, 0.2) is 0 Å². The molecule has 0 spiro atoms. The summed E-state index contributed by atoms with van der Waals surface area (Å²) in [5.74, 6) is 0.771. The van der Waals surface area contributed by atoms with Gasteiger partial charge in [0.25, 0.3) is 0 Å². The van der Waals surface area contributed by atoms with Crippen molar-refractivity contribution in [2.24, 2.45) is 7.05 Å². The molecule has 3 rings (SSSR count). The predicted octanol–water partition coefficient (Wildman–Crippen LogP) is 0.941. The average Bonchev–Trinajstić information content (AvgIpc) is 2.74. The number of aromatic nitrogens is 4. The predicted molar refractivity (Wildman–Crippen MR) is 66.5 cm³/mol. The molecule has 6 nitrogen and oxygen atoms in total. The van der Waals surface area contributed by atoms with Gasteiger partial charge in [-0.05, 0) is 19.1 Å². The molecule has 2 heterocycles. The normalized spacial score (nSPS) is 11.4. The van der Waals surface area contributed by atoms with Gasteiger partial charge in [-0.15, -0.1) is 0 Å². The van der Waals surface area contributed by atoms with Crippen molar-refractivity contribution in [1.82, 2.24) is 19.5 Å². The zero-order valence-corrected chi connectivity index (χ0v) is 9.60. The molecule has 6 heteroatoms. The SMILES string of the molecule is Cc1c2nc(N)nc-2ccc2nc(N)n(C)c12. The van der Waals surface area contributed by atoms with E-state index in [0.29, 0.717) is 5.95 Å². The first kappa shape index (κ1) is 9.83. The zero-order chi connectivity index (χ0) is 12.2. The minimum absolute atomic E-state index is 0.289. The fraction of sp³-hybridized carbons (Fsp3) is 0.182. The Morgan fingerprint density at radius 1 is 1.12 bits per heavy atom. The highest BCUT2D eigenvalue weighted by Crippen LogP contribution is 2.29. The smallest absolute Gasteiger partial charge is 0.221 e. The Hall–Kier alpha value is -2.37. The number of hydrogen-bond acceptors (Lipinski definition) is 5. The van der Waals surface area contributed by atoms with Gasteiger partial charge < -0.3 is 16.0 Å². The lowest BCUT2D eigenvalue weighted by atomic mass is 10.2. The van der Waals surface area contributed by atoms with Crippen molar-refractivity contribution in [2.75, 3.05) is 11.5 Å². The van der Waals surface area contributed by atoms with Crippen LogP contribution in [0.15, 0.2) is 12.1 Å². The Morgan fingerprint density at radius 2 is 1.88 bits per heavy atom. The fourth-order valence-corrected chi connectivity index (χ4v) is 2.13. The second-order valence-electron chi connectivity index (χ2n) is 4.04. The summed E-state index contributed by atoms with van der Waals surface area (Å²) in [6.07, 6.45) is 0. The number of imidazole rings is 2. The minimum atomic E-state index is 0.289. The maximum Gasteiger partial charge on any atom is 0.221 e. The number of nitrogens with two attached hydrogens (primary N) is 2. The van der Waals surface area contributed by atoms with E-state index in [9.17, 15) is 0 Å². The highest BCUT2D eigenvalue weighted by molar-refractivity contribution is 5.86. The van der Waals surface area contributed by atoms with Crippen LogP contribution < -0.4 is 11.5 Å². The molecule has 1 aromatic heterocycles. The molecule has 4 N–H and O–H groups in total. The number of fused-ring (bicyclic) bond motifs is 2. The first-order chi connectivity index (χ1) is 8.08. The van der Waals surface area contributed by atoms with Gasteiger partial charge in [-0.1, -0.05) is 0 Å². The average molecular weight is 228 g/mol. The summed E-state index contributed by atoms with van der Waals surface area (Å²) in [7, 11) is 1.88. The standard InChI is InChI=1S/C11H12N6/c1-5-8-6(14-10(12)16-8)3-4-7-9(5)17(2)11(13)15-7/h3-4H,1-2H3,(H2,13,15)(H2,12,14,16). The first-order valence-electron chi connectivity index (χ1n) is 5.22. The van der Waals surface area contributed by atoms with Gasteiger partial charge in [-0.3, -0.25) is 0 Å². The lowest BCUT2D eigenvalue weighted by molar-refractivity contribution is 0.961. The molecule has 0 radical (unpaired) electrons. The van der Waals surface area contributed by atoms with Crippen molar-refractivity contribution in [3.8, 4) is 11.4 Å². The molecule has 0 atom stereocenters.